The number of aliphatic hydroxyl groups excluding tert-OH is 1. The van der Waals surface area contributed by atoms with E-state index in [0.717, 1.165) is 12.1 Å². The summed E-state index contributed by atoms with van der Waals surface area (Å²) in [6, 6.07) is 9.95. The minimum atomic E-state index is -0.402. The topological polar surface area (TPSA) is 23.5 Å². The van der Waals surface area contributed by atoms with Crippen molar-refractivity contribution >= 4 is 0 Å². The smallest absolute Gasteiger partial charge is 0.0942 e. The Morgan fingerprint density at radius 2 is 1.86 bits per heavy atom. The molecule has 1 rings (SSSR count). The summed E-state index contributed by atoms with van der Waals surface area (Å²) in [4.78, 5) is 2.14. The molecule has 2 atom stereocenters. The van der Waals surface area contributed by atoms with Crippen LogP contribution in [0.5, 0.6) is 0 Å². The SMILES string of the molecule is CCN(C)C(C)C(O)c1ccccc1. The Morgan fingerprint density at radius 3 is 2.36 bits per heavy atom. The minimum absolute atomic E-state index is 0.155. The van der Waals surface area contributed by atoms with Gasteiger partial charge in [-0.25, -0.2) is 0 Å². The fraction of sp³-hybridized carbons (Fsp3) is 0.500. The largest absolute Gasteiger partial charge is 0.387 e. The molecule has 0 spiro atoms. The second kappa shape index (κ2) is 5.13. The lowest BCUT2D eigenvalue weighted by atomic mass is 10.0. The quantitative estimate of drug-likeness (QED) is 0.791. The van der Waals surface area contributed by atoms with Crippen LogP contribution in [0.1, 0.15) is 25.5 Å². The van der Waals surface area contributed by atoms with Crippen molar-refractivity contribution in [3.63, 3.8) is 0 Å². The van der Waals surface area contributed by atoms with Gasteiger partial charge in [-0.3, -0.25) is 0 Å². The van der Waals surface area contributed by atoms with E-state index in [-0.39, 0.29) is 6.04 Å². The zero-order chi connectivity index (χ0) is 10.6. The van der Waals surface area contributed by atoms with Crippen LogP contribution >= 0.6 is 0 Å². The lowest BCUT2D eigenvalue weighted by Gasteiger charge is -2.27. The molecule has 1 aromatic rings. The van der Waals surface area contributed by atoms with Crippen LogP contribution in [0.15, 0.2) is 30.3 Å². The first-order valence-electron chi connectivity index (χ1n) is 5.10. The van der Waals surface area contributed by atoms with Gasteiger partial charge in [-0.1, -0.05) is 37.3 Å². The number of hydrogen-bond donors (Lipinski definition) is 1. The summed E-state index contributed by atoms with van der Waals surface area (Å²) in [6.45, 7) is 5.08. The van der Waals surface area contributed by atoms with Crippen molar-refractivity contribution in [3.8, 4) is 0 Å². The highest BCUT2D eigenvalue weighted by Gasteiger charge is 2.18. The van der Waals surface area contributed by atoms with Crippen molar-refractivity contribution in [1.82, 2.24) is 4.90 Å². The standard InChI is InChI=1S/C12H19NO/c1-4-13(3)10(2)12(14)11-8-6-5-7-9-11/h5-10,12,14H,4H2,1-3H3. The van der Waals surface area contributed by atoms with E-state index >= 15 is 0 Å². The third kappa shape index (κ3) is 2.56. The van der Waals surface area contributed by atoms with Crippen molar-refractivity contribution in [2.24, 2.45) is 0 Å². The highest BCUT2D eigenvalue weighted by Crippen LogP contribution is 2.19. The van der Waals surface area contributed by atoms with Crippen LogP contribution in [0.4, 0.5) is 0 Å². The number of rotatable bonds is 4. The van der Waals surface area contributed by atoms with Crippen LogP contribution in [0, 0.1) is 0 Å². The molecule has 1 aromatic carbocycles. The zero-order valence-electron chi connectivity index (χ0n) is 9.14. The van der Waals surface area contributed by atoms with E-state index in [9.17, 15) is 5.11 Å². The first kappa shape index (κ1) is 11.2. The summed E-state index contributed by atoms with van der Waals surface area (Å²) in [7, 11) is 2.02. The number of hydrogen-bond acceptors (Lipinski definition) is 2. The van der Waals surface area contributed by atoms with Gasteiger partial charge in [0.2, 0.25) is 0 Å². The molecular weight excluding hydrogens is 174 g/mol. The maximum atomic E-state index is 10.0. The molecule has 0 amide bonds. The summed E-state index contributed by atoms with van der Waals surface area (Å²) in [6.07, 6.45) is -0.402. The predicted octanol–water partition coefficient (Wildman–Crippen LogP) is 2.06. The van der Waals surface area contributed by atoms with Gasteiger partial charge in [0.05, 0.1) is 6.10 Å². The molecule has 2 nitrogen and oxygen atoms in total. The van der Waals surface area contributed by atoms with Crippen LogP contribution in [0.2, 0.25) is 0 Å². The number of aliphatic hydroxyl groups is 1. The molecule has 2 heteroatoms. The van der Waals surface area contributed by atoms with E-state index in [4.69, 9.17) is 0 Å². The molecule has 1 N–H and O–H groups in total. The molecule has 0 aliphatic heterocycles. The Morgan fingerprint density at radius 1 is 1.29 bits per heavy atom. The molecule has 0 saturated carbocycles. The molecule has 0 heterocycles. The van der Waals surface area contributed by atoms with Crippen molar-refractivity contribution < 1.29 is 5.11 Å². The van der Waals surface area contributed by atoms with Gasteiger partial charge in [0.1, 0.15) is 0 Å². The van der Waals surface area contributed by atoms with Gasteiger partial charge >= 0.3 is 0 Å². The number of nitrogens with zero attached hydrogens (tertiary/aromatic N) is 1. The summed E-state index contributed by atoms with van der Waals surface area (Å²) >= 11 is 0. The summed E-state index contributed by atoms with van der Waals surface area (Å²) < 4.78 is 0. The summed E-state index contributed by atoms with van der Waals surface area (Å²) in [5.74, 6) is 0. The molecule has 2 unspecified atom stereocenters. The second-order valence-corrected chi connectivity index (χ2v) is 3.67. The molecule has 0 fully saturated rings. The van der Waals surface area contributed by atoms with Gasteiger partial charge in [0.15, 0.2) is 0 Å². The van der Waals surface area contributed by atoms with Gasteiger partial charge in [-0.05, 0) is 26.1 Å². The third-order valence-corrected chi connectivity index (χ3v) is 2.79. The maximum Gasteiger partial charge on any atom is 0.0942 e. The van der Waals surface area contributed by atoms with Gasteiger partial charge in [-0.15, -0.1) is 0 Å². The van der Waals surface area contributed by atoms with Crippen molar-refractivity contribution in [3.05, 3.63) is 35.9 Å². The van der Waals surface area contributed by atoms with Gasteiger partial charge < -0.3 is 10.0 Å². The van der Waals surface area contributed by atoms with Crippen molar-refractivity contribution in [2.45, 2.75) is 26.0 Å². The van der Waals surface area contributed by atoms with E-state index in [1.165, 1.54) is 0 Å². The van der Waals surface area contributed by atoms with Gasteiger partial charge in [-0.2, -0.15) is 0 Å². The first-order chi connectivity index (χ1) is 6.66. The molecule has 0 bridgehead atoms. The average molecular weight is 193 g/mol. The van der Waals surface area contributed by atoms with Crippen LogP contribution < -0.4 is 0 Å². The predicted molar refractivity (Wildman–Crippen MR) is 59.2 cm³/mol. The number of likely N-dealkylation sites (N-methyl/N-ethyl adjacent to an activating group) is 1. The minimum Gasteiger partial charge on any atom is -0.387 e. The number of benzene rings is 1. The van der Waals surface area contributed by atoms with Gasteiger partial charge in [0.25, 0.3) is 0 Å². The monoisotopic (exact) mass is 193 g/mol. The van der Waals surface area contributed by atoms with Crippen LogP contribution in [-0.2, 0) is 0 Å². The Balaban J connectivity index is 2.70. The zero-order valence-corrected chi connectivity index (χ0v) is 9.14. The van der Waals surface area contributed by atoms with Gasteiger partial charge in [0, 0.05) is 6.04 Å². The summed E-state index contributed by atoms with van der Waals surface area (Å²) in [5, 5.41) is 10.0. The molecular formula is C12H19NO. The molecule has 0 radical (unpaired) electrons. The first-order valence-corrected chi connectivity index (χ1v) is 5.10. The maximum absolute atomic E-state index is 10.0. The Labute approximate surface area is 86.2 Å². The normalized spacial score (nSPS) is 15.5. The fourth-order valence-corrected chi connectivity index (χ4v) is 1.46. The fourth-order valence-electron chi connectivity index (χ4n) is 1.46. The van der Waals surface area contributed by atoms with Crippen LogP contribution in [0.25, 0.3) is 0 Å². The van der Waals surface area contributed by atoms with E-state index in [1.54, 1.807) is 0 Å². The van der Waals surface area contributed by atoms with Crippen LogP contribution in [0.3, 0.4) is 0 Å². The van der Waals surface area contributed by atoms with Crippen molar-refractivity contribution in [2.75, 3.05) is 13.6 Å². The van der Waals surface area contributed by atoms with E-state index in [2.05, 4.69) is 11.8 Å². The average Bonchev–Trinajstić information content (AvgIpc) is 2.27. The van der Waals surface area contributed by atoms with E-state index in [0.29, 0.717) is 0 Å². The van der Waals surface area contributed by atoms with E-state index < -0.39 is 6.10 Å². The lowest BCUT2D eigenvalue weighted by Crippen LogP contribution is -2.34. The van der Waals surface area contributed by atoms with Crippen LogP contribution in [-0.4, -0.2) is 29.6 Å². The Bertz CT molecular complexity index is 260. The Hall–Kier alpha value is -0.860. The molecule has 0 aromatic heterocycles. The highest BCUT2D eigenvalue weighted by molar-refractivity contribution is 5.18. The molecule has 78 valence electrons. The molecule has 0 aliphatic carbocycles. The second-order valence-electron chi connectivity index (χ2n) is 3.67. The Kier molecular flexibility index (Phi) is 4.11. The third-order valence-electron chi connectivity index (χ3n) is 2.79. The highest BCUT2D eigenvalue weighted by atomic mass is 16.3. The van der Waals surface area contributed by atoms with E-state index in [1.807, 2.05) is 44.3 Å². The lowest BCUT2D eigenvalue weighted by molar-refractivity contribution is 0.0755. The molecule has 0 aliphatic rings. The molecule has 0 saturated heterocycles. The molecule has 14 heavy (non-hydrogen) atoms. The van der Waals surface area contributed by atoms with Crippen molar-refractivity contribution in [1.29, 1.82) is 0 Å². The summed E-state index contributed by atoms with van der Waals surface area (Å²) in [5.41, 5.74) is 0.986.